The Bertz CT molecular complexity index is 573. The zero-order valence-electron chi connectivity index (χ0n) is 12.8. The van der Waals surface area contributed by atoms with Crippen molar-refractivity contribution in [2.24, 2.45) is 5.92 Å². The lowest BCUT2D eigenvalue weighted by Gasteiger charge is -2.40. The summed E-state index contributed by atoms with van der Waals surface area (Å²) in [6.45, 7) is 2.19. The van der Waals surface area contributed by atoms with Gasteiger partial charge in [0, 0.05) is 0 Å². The van der Waals surface area contributed by atoms with Gasteiger partial charge in [-0.2, -0.15) is 0 Å². The molecular formula is C20H24O. The first kappa shape index (κ1) is 14.3. The van der Waals surface area contributed by atoms with Gasteiger partial charge in [-0.3, -0.25) is 0 Å². The van der Waals surface area contributed by atoms with Crippen LogP contribution in [0.1, 0.15) is 44.6 Å². The molecule has 2 atom stereocenters. The SMILES string of the molecule is CCC1CCCCC1(O)c1ccc(-c2ccccc2)cc1. The second-order valence-corrected chi connectivity index (χ2v) is 6.22. The van der Waals surface area contributed by atoms with Crippen LogP contribution in [0.2, 0.25) is 0 Å². The molecule has 1 heteroatoms. The highest BCUT2D eigenvalue weighted by molar-refractivity contribution is 5.63. The van der Waals surface area contributed by atoms with Gasteiger partial charge in [0.1, 0.15) is 0 Å². The van der Waals surface area contributed by atoms with E-state index in [1.165, 1.54) is 17.5 Å². The Kier molecular flexibility index (Phi) is 4.12. The summed E-state index contributed by atoms with van der Waals surface area (Å²) in [5, 5.41) is 11.2. The van der Waals surface area contributed by atoms with Crippen molar-refractivity contribution in [3.8, 4) is 11.1 Å². The molecule has 1 aliphatic carbocycles. The maximum atomic E-state index is 11.2. The zero-order chi connectivity index (χ0) is 14.7. The van der Waals surface area contributed by atoms with Crippen LogP contribution in [0, 0.1) is 5.92 Å². The molecule has 0 saturated heterocycles. The number of rotatable bonds is 3. The van der Waals surface area contributed by atoms with Gasteiger partial charge >= 0.3 is 0 Å². The first-order chi connectivity index (χ1) is 10.2. The van der Waals surface area contributed by atoms with Crippen LogP contribution in [-0.2, 0) is 5.60 Å². The average Bonchev–Trinajstić information content (AvgIpc) is 2.56. The van der Waals surface area contributed by atoms with Crippen molar-refractivity contribution in [1.82, 2.24) is 0 Å². The highest BCUT2D eigenvalue weighted by Crippen LogP contribution is 2.43. The molecule has 1 nitrogen and oxygen atoms in total. The van der Waals surface area contributed by atoms with E-state index in [9.17, 15) is 5.11 Å². The summed E-state index contributed by atoms with van der Waals surface area (Å²) in [7, 11) is 0. The summed E-state index contributed by atoms with van der Waals surface area (Å²) in [6.07, 6.45) is 5.48. The Hall–Kier alpha value is -1.60. The maximum Gasteiger partial charge on any atom is 0.0924 e. The van der Waals surface area contributed by atoms with E-state index in [-0.39, 0.29) is 0 Å². The summed E-state index contributed by atoms with van der Waals surface area (Å²) < 4.78 is 0. The van der Waals surface area contributed by atoms with Gasteiger partial charge in [0.2, 0.25) is 0 Å². The standard InChI is InChI=1S/C20H24O/c1-2-18-10-6-7-15-20(18,21)19-13-11-17(12-14-19)16-8-4-3-5-9-16/h3-5,8-9,11-14,18,21H,2,6-7,10,15H2,1H3. The van der Waals surface area contributed by atoms with E-state index >= 15 is 0 Å². The van der Waals surface area contributed by atoms with Gasteiger partial charge in [-0.1, -0.05) is 80.8 Å². The first-order valence-electron chi connectivity index (χ1n) is 8.12. The van der Waals surface area contributed by atoms with E-state index in [4.69, 9.17) is 0 Å². The number of hydrogen-bond acceptors (Lipinski definition) is 1. The third-order valence-electron chi connectivity index (χ3n) is 5.02. The number of hydrogen-bond donors (Lipinski definition) is 1. The Balaban J connectivity index is 1.90. The molecular weight excluding hydrogens is 256 g/mol. The molecule has 1 saturated carbocycles. The molecule has 110 valence electrons. The van der Waals surface area contributed by atoms with Gasteiger partial charge in [-0.15, -0.1) is 0 Å². The van der Waals surface area contributed by atoms with Crippen LogP contribution in [0.4, 0.5) is 0 Å². The minimum absolute atomic E-state index is 0.397. The van der Waals surface area contributed by atoms with Crippen LogP contribution in [0.3, 0.4) is 0 Å². The lowest BCUT2D eigenvalue weighted by atomic mass is 9.70. The summed E-state index contributed by atoms with van der Waals surface area (Å²) in [4.78, 5) is 0. The monoisotopic (exact) mass is 280 g/mol. The second kappa shape index (κ2) is 6.03. The molecule has 0 heterocycles. The van der Waals surface area contributed by atoms with Gasteiger partial charge in [-0.25, -0.2) is 0 Å². The fourth-order valence-electron chi connectivity index (χ4n) is 3.73. The van der Waals surface area contributed by atoms with Crippen molar-refractivity contribution < 1.29 is 5.11 Å². The third kappa shape index (κ3) is 2.75. The van der Waals surface area contributed by atoms with Crippen LogP contribution in [0.25, 0.3) is 11.1 Å². The predicted octanol–water partition coefficient (Wildman–Crippen LogP) is 5.14. The zero-order valence-corrected chi connectivity index (χ0v) is 12.8. The number of benzene rings is 2. The van der Waals surface area contributed by atoms with Crippen molar-refractivity contribution >= 4 is 0 Å². The molecule has 0 radical (unpaired) electrons. The Labute approximate surface area is 127 Å². The van der Waals surface area contributed by atoms with E-state index in [0.29, 0.717) is 5.92 Å². The molecule has 2 aromatic rings. The van der Waals surface area contributed by atoms with Crippen LogP contribution in [0.5, 0.6) is 0 Å². The van der Waals surface area contributed by atoms with E-state index in [2.05, 4.69) is 55.5 Å². The van der Waals surface area contributed by atoms with Crippen LogP contribution in [-0.4, -0.2) is 5.11 Å². The fraction of sp³-hybridized carbons (Fsp3) is 0.400. The largest absolute Gasteiger partial charge is 0.385 e. The summed E-state index contributed by atoms with van der Waals surface area (Å²) in [5.74, 6) is 0.397. The molecule has 1 aliphatic rings. The Morgan fingerprint density at radius 2 is 1.62 bits per heavy atom. The van der Waals surface area contributed by atoms with Crippen molar-refractivity contribution in [3.63, 3.8) is 0 Å². The molecule has 0 aromatic heterocycles. The normalized spacial score (nSPS) is 25.7. The summed E-state index contributed by atoms with van der Waals surface area (Å²) >= 11 is 0. The van der Waals surface area contributed by atoms with Crippen molar-refractivity contribution in [1.29, 1.82) is 0 Å². The smallest absolute Gasteiger partial charge is 0.0924 e. The fourth-order valence-corrected chi connectivity index (χ4v) is 3.73. The van der Waals surface area contributed by atoms with Crippen LogP contribution in [0.15, 0.2) is 54.6 Å². The third-order valence-corrected chi connectivity index (χ3v) is 5.02. The Morgan fingerprint density at radius 1 is 0.952 bits per heavy atom. The molecule has 1 N–H and O–H groups in total. The van der Waals surface area contributed by atoms with Gasteiger partial charge in [0.25, 0.3) is 0 Å². The number of aliphatic hydroxyl groups is 1. The molecule has 1 fully saturated rings. The van der Waals surface area contributed by atoms with E-state index in [1.807, 2.05) is 6.07 Å². The molecule has 2 unspecified atom stereocenters. The van der Waals surface area contributed by atoms with E-state index in [1.54, 1.807) is 0 Å². The summed E-state index contributed by atoms with van der Waals surface area (Å²) in [6, 6.07) is 18.9. The highest BCUT2D eigenvalue weighted by atomic mass is 16.3. The molecule has 2 aromatic carbocycles. The molecule has 0 aliphatic heterocycles. The van der Waals surface area contributed by atoms with E-state index < -0.39 is 5.60 Å². The minimum Gasteiger partial charge on any atom is -0.385 e. The van der Waals surface area contributed by atoms with Gasteiger partial charge < -0.3 is 5.11 Å². The Morgan fingerprint density at radius 3 is 2.29 bits per heavy atom. The molecule has 0 spiro atoms. The predicted molar refractivity (Wildman–Crippen MR) is 88.0 cm³/mol. The van der Waals surface area contributed by atoms with Crippen molar-refractivity contribution in [2.75, 3.05) is 0 Å². The van der Waals surface area contributed by atoms with Gasteiger partial charge in [-0.05, 0) is 35.4 Å². The molecule has 0 bridgehead atoms. The summed E-state index contributed by atoms with van der Waals surface area (Å²) in [5.41, 5.74) is 2.91. The molecule has 3 rings (SSSR count). The minimum atomic E-state index is -0.623. The van der Waals surface area contributed by atoms with Crippen molar-refractivity contribution in [3.05, 3.63) is 60.2 Å². The lowest BCUT2D eigenvalue weighted by Crippen LogP contribution is -2.37. The highest BCUT2D eigenvalue weighted by Gasteiger charge is 2.39. The maximum absolute atomic E-state index is 11.2. The van der Waals surface area contributed by atoms with Crippen LogP contribution >= 0.6 is 0 Å². The van der Waals surface area contributed by atoms with Gasteiger partial charge in [0.05, 0.1) is 5.60 Å². The van der Waals surface area contributed by atoms with Crippen LogP contribution < -0.4 is 0 Å². The van der Waals surface area contributed by atoms with Gasteiger partial charge in [0.15, 0.2) is 0 Å². The molecule has 21 heavy (non-hydrogen) atoms. The lowest BCUT2D eigenvalue weighted by molar-refractivity contribution is -0.0557. The first-order valence-corrected chi connectivity index (χ1v) is 8.12. The van der Waals surface area contributed by atoms with E-state index in [0.717, 1.165) is 31.2 Å². The molecule has 0 amide bonds. The quantitative estimate of drug-likeness (QED) is 0.825. The average molecular weight is 280 g/mol. The van der Waals surface area contributed by atoms with Crippen molar-refractivity contribution in [2.45, 2.75) is 44.6 Å². The second-order valence-electron chi connectivity index (χ2n) is 6.22. The topological polar surface area (TPSA) is 20.2 Å².